The molecule has 1 N–H and O–H groups in total. The molecular weight excluding hydrogens is 184 g/mol. The molecule has 3 rings (SSSR count). The first-order chi connectivity index (χ1) is 7.27. The van der Waals surface area contributed by atoms with E-state index < -0.39 is 0 Å². The number of hydrogen-bond donors (Lipinski definition) is 1. The fraction of sp³-hybridized carbons (Fsp3) is 0.769. The minimum atomic E-state index is 0.848. The highest BCUT2D eigenvalue weighted by Gasteiger charge is 2.44. The van der Waals surface area contributed by atoms with Gasteiger partial charge in [-0.3, -0.25) is 0 Å². The van der Waals surface area contributed by atoms with Gasteiger partial charge >= 0.3 is 0 Å². The zero-order chi connectivity index (χ0) is 11.0. The van der Waals surface area contributed by atoms with Crippen molar-refractivity contribution in [1.82, 2.24) is 5.43 Å². The fourth-order valence-electron chi connectivity index (χ4n) is 3.49. The molecule has 1 fully saturated rings. The third kappa shape index (κ3) is 1.51. The van der Waals surface area contributed by atoms with Crippen molar-refractivity contribution < 1.29 is 0 Å². The first-order valence-corrected chi connectivity index (χ1v) is 6.28. The van der Waals surface area contributed by atoms with Crippen LogP contribution in [0.1, 0.15) is 40.5 Å². The van der Waals surface area contributed by atoms with Gasteiger partial charge in [-0.05, 0) is 48.7 Å². The summed E-state index contributed by atoms with van der Waals surface area (Å²) in [5.74, 6) is 2.63. The van der Waals surface area contributed by atoms with Crippen LogP contribution in [-0.2, 0) is 0 Å². The van der Waals surface area contributed by atoms with Gasteiger partial charge in [0.05, 0.1) is 12.3 Å². The van der Waals surface area contributed by atoms with Gasteiger partial charge in [0.2, 0.25) is 0 Å². The first-order valence-electron chi connectivity index (χ1n) is 6.28. The van der Waals surface area contributed by atoms with Crippen LogP contribution in [-0.4, -0.2) is 12.3 Å². The summed E-state index contributed by atoms with van der Waals surface area (Å²) < 4.78 is 0. The van der Waals surface area contributed by atoms with Crippen molar-refractivity contribution >= 4 is 5.71 Å². The fourth-order valence-corrected chi connectivity index (χ4v) is 3.49. The smallest absolute Gasteiger partial charge is 0.0607 e. The molecule has 0 spiro atoms. The van der Waals surface area contributed by atoms with E-state index in [1.54, 1.807) is 11.1 Å². The Morgan fingerprint density at radius 3 is 2.73 bits per heavy atom. The van der Waals surface area contributed by atoms with Crippen molar-refractivity contribution in [3.63, 3.8) is 0 Å². The topological polar surface area (TPSA) is 24.4 Å². The molecule has 0 aromatic rings. The van der Waals surface area contributed by atoms with E-state index in [2.05, 4.69) is 24.4 Å². The number of allylic oxidation sites excluding steroid dienone is 1. The summed E-state index contributed by atoms with van der Waals surface area (Å²) >= 11 is 0. The summed E-state index contributed by atoms with van der Waals surface area (Å²) in [6.07, 6.45) is 2.80. The van der Waals surface area contributed by atoms with Gasteiger partial charge in [0.15, 0.2) is 0 Å². The van der Waals surface area contributed by atoms with Crippen LogP contribution in [0.15, 0.2) is 16.2 Å². The van der Waals surface area contributed by atoms with Crippen LogP contribution in [0.4, 0.5) is 0 Å². The highest BCUT2D eigenvalue weighted by molar-refractivity contribution is 6.00. The van der Waals surface area contributed by atoms with Gasteiger partial charge in [-0.2, -0.15) is 5.10 Å². The first kappa shape index (κ1) is 10.7. The van der Waals surface area contributed by atoms with E-state index in [4.69, 9.17) is 0 Å². The highest BCUT2D eigenvalue weighted by atomic mass is 15.3. The molecule has 3 atom stereocenters. The van der Waals surface area contributed by atoms with Gasteiger partial charge < -0.3 is 5.43 Å². The lowest BCUT2D eigenvalue weighted by Gasteiger charge is -2.27. The Kier molecular flexibility index (Phi) is 2.85. The van der Waals surface area contributed by atoms with Crippen LogP contribution < -0.4 is 5.43 Å². The van der Waals surface area contributed by atoms with Crippen LogP contribution >= 0.6 is 0 Å². The second kappa shape index (κ2) is 3.99. The lowest BCUT2D eigenvalue weighted by Crippen LogP contribution is -2.27. The molecular formula is C13H22N2. The summed E-state index contributed by atoms with van der Waals surface area (Å²) in [5, 5.41) is 4.33. The Balaban J connectivity index is 0.000000404. The molecule has 84 valence electrons. The van der Waals surface area contributed by atoms with Gasteiger partial charge in [-0.1, -0.05) is 20.8 Å². The molecule has 1 heterocycles. The van der Waals surface area contributed by atoms with Gasteiger partial charge in [0, 0.05) is 0 Å². The van der Waals surface area contributed by atoms with Crippen LogP contribution in [0.5, 0.6) is 0 Å². The maximum Gasteiger partial charge on any atom is 0.0607 e. The zero-order valence-electron chi connectivity index (χ0n) is 10.3. The average Bonchev–Trinajstić information content (AvgIpc) is 2.78. The Hall–Kier alpha value is -0.790. The second-order valence-corrected chi connectivity index (χ2v) is 4.72. The normalized spacial score (nSPS) is 36.5. The summed E-state index contributed by atoms with van der Waals surface area (Å²) in [6, 6.07) is 0. The predicted octanol–water partition coefficient (Wildman–Crippen LogP) is 2.96. The van der Waals surface area contributed by atoms with E-state index in [9.17, 15) is 0 Å². The monoisotopic (exact) mass is 206 g/mol. The van der Waals surface area contributed by atoms with Crippen LogP contribution in [0.2, 0.25) is 0 Å². The molecule has 2 heteroatoms. The van der Waals surface area contributed by atoms with Crippen molar-refractivity contribution in [3.05, 3.63) is 11.1 Å². The number of rotatable bonds is 0. The minimum absolute atomic E-state index is 0.848. The highest BCUT2D eigenvalue weighted by Crippen LogP contribution is 2.52. The Bertz CT molecular complexity index is 314. The van der Waals surface area contributed by atoms with Crippen molar-refractivity contribution in [2.75, 3.05) is 6.54 Å². The van der Waals surface area contributed by atoms with Crippen molar-refractivity contribution in [3.8, 4) is 0 Å². The molecule has 2 aliphatic carbocycles. The molecule has 0 amide bonds. The van der Waals surface area contributed by atoms with Crippen molar-refractivity contribution in [2.24, 2.45) is 22.9 Å². The molecule has 0 saturated heterocycles. The molecule has 2 bridgehead atoms. The standard InChI is InChI=1S/C11H16N2.C2H6/c1-6-3-8-4-9(6)10-5-12-13-7(2)11(8)10;1-2/h6,8-9,12H,3-5H2,1-2H3;1-2H3. The maximum atomic E-state index is 4.33. The molecule has 0 aromatic carbocycles. The molecule has 3 aliphatic rings. The minimum Gasteiger partial charge on any atom is -0.306 e. The van der Waals surface area contributed by atoms with Gasteiger partial charge in [0.25, 0.3) is 0 Å². The number of hydrazone groups is 1. The van der Waals surface area contributed by atoms with E-state index in [0.717, 1.165) is 24.3 Å². The van der Waals surface area contributed by atoms with E-state index in [1.807, 2.05) is 13.8 Å². The van der Waals surface area contributed by atoms with E-state index in [-0.39, 0.29) is 0 Å². The average molecular weight is 206 g/mol. The van der Waals surface area contributed by atoms with Gasteiger partial charge in [-0.25, -0.2) is 0 Å². The zero-order valence-corrected chi connectivity index (χ0v) is 10.3. The van der Waals surface area contributed by atoms with Gasteiger partial charge in [0.1, 0.15) is 0 Å². The Morgan fingerprint density at radius 1 is 1.27 bits per heavy atom. The van der Waals surface area contributed by atoms with Gasteiger partial charge in [-0.15, -0.1) is 0 Å². The lowest BCUT2D eigenvalue weighted by atomic mass is 9.83. The van der Waals surface area contributed by atoms with E-state index in [0.29, 0.717) is 0 Å². The van der Waals surface area contributed by atoms with Crippen LogP contribution in [0.3, 0.4) is 0 Å². The summed E-state index contributed by atoms with van der Waals surface area (Å²) in [7, 11) is 0. The quantitative estimate of drug-likeness (QED) is 0.647. The number of nitrogens with zero attached hydrogens (tertiary/aromatic N) is 1. The maximum absolute atomic E-state index is 4.33. The number of nitrogens with one attached hydrogen (secondary N) is 1. The lowest BCUT2D eigenvalue weighted by molar-refractivity contribution is 0.452. The molecule has 0 aromatic heterocycles. The molecule has 15 heavy (non-hydrogen) atoms. The van der Waals surface area contributed by atoms with E-state index >= 15 is 0 Å². The Morgan fingerprint density at radius 2 is 2.00 bits per heavy atom. The third-order valence-electron chi connectivity index (χ3n) is 3.99. The van der Waals surface area contributed by atoms with Crippen molar-refractivity contribution in [1.29, 1.82) is 0 Å². The number of fused-ring (bicyclic) bond motifs is 4. The summed E-state index contributed by atoms with van der Waals surface area (Å²) in [6.45, 7) is 9.56. The van der Waals surface area contributed by atoms with E-state index in [1.165, 1.54) is 18.6 Å². The SMILES string of the molecule is CC.CC1=NNCC2=C1C1CC(C)C2C1. The van der Waals surface area contributed by atoms with Crippen molar-refractivity contribution in [2.45, 2.75) is 40.5 Å². The molecule has 1 saturated carbocycles. The van der Waals surface area contributed by atoms with Crippen LogP contribution in [0, 0.1) is 17.8 Å². The number of hydrogen-bond acceptors (Lipinski definition) is 2. The predicted molar refractivity (Wildman–Crippen MR) is 64.9 cm³/mol. The summed E-state index contributed by atoms with van der Waals surface area (Å²) in [4.78, 5) is 0. The second-order valence-electron chi connectivity index (χ2n) is 4.72. The molecule has 0 radical (unpaired) electrons. The van der Waals surface area contributed by atoms with Crippen LogP contribution in [0.25, 0.3) is 0 Å². The summed E-state index contributed by atoms with van der Waals surface area (Å²) in [5.41, 5.74) is 7.68. The third-order valence-corrected chi connectivity index (χ3v) is 3.99. The largest absolute Gasteiger partial charge is 0.306 e. The molecule has 3 unspecified atom stereocenters. The molecule has 1 aliphatic heterocycles. The Labute approximate surface area is 92.8 Å². The molecule has 2 nitrogen and oxygen atoms in total.